The summed E-state index contributed by atoms with van der Waals surface area (Å²) in [4.78, 5) is 25.7. The SMILES string of the molecule is O=C1OC2CCCCCCCC12C12CCCCCCCC1OC2=O. The third kappa shape index (κ3) is 2.17. The van der Waals surface area contributed by atoms with E-state index in [0.717, 1.165) is 64.2 Å². The van der Waals surface area contributed by atoms with Crippen LogP contribution in [0.15, 0.2) is 0 Å². The number of esters is 2. The molecule has 0 amide bonds. The minimum Gasteiger partial charge on any atom is -0.461 e. The number of ether oxygens (including phenoxy) is 2. The van der Waals surface area contributed by atoms with Crippen LogP contribution in [-0.2, 0) is 19.1 Å². The molecule has 4 nitrogen and oxygen atoms in total. The standard InChI is InChI=1S/C20H30O4/c21-17-19(13-9-5-1-3-7-11-15(19)23-17)20-14-10-6-2-4-8-12-16(20)24-18(20)22/h15-16H,1-14H2. The Hall–Kier alpha value is -1.06. The van der Waals surface area contributed by atoms with Crippen molar-refractivity contribution in [3.63, 3.8) is 0 Å². The van der Waals surface area contributed by atoms with Crippen LogP contribution < -0.4 is 0 Å². The Balaban J connectivity index is 1.72. The molecule has 0 N–H and O–H groups in total. The van der Waals surface area contributed by atoms with Gasteiger partial charge in [-0.05, 0) is 38.5 Å². The third-order valence-electron chi connectivity index (χ3n) is 7.20. The maximum atomic E-state index is 12.8. The lowest BCUT2D eigenvalue weighted by molar-refractivity contribution is -0.285. The van der Waals surface area contributed by atoms with E-state index in [2.05, 4.69) is 0 Å². The second kappa shape index (κ2) is 6.34. The van der Waals surface area contributed by atoms with E-state index in [1.165, 1.54) is 25.7 Å². The van der Waals surface area contributed by atoms with E-state index in [1.54, 1.807) is 0 Å². The van der Waals surface area contributed by atoms with E-state index < -0.39 is 10.8 Å². The summed E-state index contributed by atoms with van der Waals surface area (Å²) in [6, 6.07) is 0. The number of hydrogen-bond donors (Lipinski definition) is 0. The quantitative estimate of drug-likeness (QED) is 0.671. The van der Waals surface area contributed by atoms with Crippen LogP contribution in [0.1, 0.15) is 89.9 Å². The van der Waals surface area contributed by atoms with Crippen molar-refractivity contribution >= 4 is 11.9 Å². The highest BCUT2D eigenvalue weighted by Crippen LogP contribution is 2.65. The highest BCUT2D eigenvalue weighted by Gasteiger charge is 2.78. The number of fused-ring (bicyclic) bond motifs is 3. The molecule has 2 saturated heterocycles. The highest BCUT2D eigenvalue weighted by molar-refractivity contribution is 5.95. The van der Waals surface area contributed by atoms with Crippen molar-refractivity contribution in [2.24, 2.45) is 10.8 Å². The molecule has 2 aliphatic carbocycles. The first-order valence-electron chi connectivity index (χ1n) is 10.1. The van der Waals surface area contributed by atoms with Gasteiger partial charge in [-0.25, -0.2) is 0 Å². The van der Waals surface area contributed by atoms with Gasteiger partial charge in [0.1, 0.15) is 23.0 Å². The van der Waals surface area contributed by atoms with Gasteiger partial charge < -0.3 is 9.47 Å². The van der Waals surface area contributed by atoms with Crippen LogP contribution >= 0.6 is 0 Å². The summed E-state index contributed by atoms with van der Waals surface area (Å²) >= 11 is 0. The van der Waals surface area contributed by atoms with Crippen LogP contribution in [0, 0.1) is 10.8 Å². The van der Waals surface area contributed by atoms with Gasteiger partial charge in [-0.15, -0.1) is 0 Å². The fourth-order valence-corrected chi connectivity index (χ4v) is 5.87. The average molecular weight is 334 g/mol. The monoisotopic (exact) mass is 334 g/mol. The molecule has 4 fully saturated rings. The smallest absolute Gasteiger partial charge is 0.317 e. The maximum Gasteiger partial charge on any atom is 0.317 e. The van der Waals surface area contributed by atoms with Gasteiger partial charge in [0.25, 0.3) is 0 Å². The van der Waals surface area contributed by atoms with Crippen LogP contribution in [0.3, 0.4) is 0 Å². The van der Waals surface area contributed by atoms with E-state index in [-0.39, 0.29) is 24.1 Å². The molecule has 134 valence electrons. The predicted molar refractivity (Wildman–Crippen MR) is 89.3 cm³/mol. The Morgan fingerprint density at radius 1 is 0.583 bits per heavy atom. The van der Waals surface area contributed by atoms with Crippen molar-refractivity contribution in [1.29, 1.82) is 0 Å². The van der Waals surface area contributed by atoms with Gasteiger partial charge in [0.15, 0.2) is 0 Å². The van der Waals surface area contributed by atoms with E-state index >= 15 is 0 Å². The van der Waals surface area contributed by atoms with Gasteiger partial charge in [0, 0.05) is 0 Å². The molecule has 0 aromatic rings. The second-order valence-electron chi connectivity index (χ2n) is 8.34. The van der Waals surface area contributed by atoms with Crippen molar-refractivity contribution < 1.29 is 19.1 Å². The van der Waals surface area contributed by atoms with Gasteiger partial charge >= 0.3 is 11.9 Å². The predicted octanol–water partition coefficient (Wildman–Crippen LogP) is 4.30. The van der Waals surface area contributed by atoms with Gasteiger partial charge in [0.2, 0.25) is 0 Å². The fourth-order valence-electron chi connectivity index (χ4n) is 5.87. The lowest BCUT2D eigenvalue weighted by Crippen LogP contribution is -2.75. The lowest BCUT2D eigenvalue weighted by Gasteiger charge is -2.62. The molecule has 4 rings (SSSR count). The first-order chi connectivity index (χ1) is 11.7. The van der Waals surface area contributed by atoms with Crippen molar-refractivity contribution in [3.8, 4) is 0 Å². The van der Waals surface area contributed by atoms with E-state index in [1.807, 2.05) is 0 Å². The topological polar surface area (TPSA) is 52.6 Å². The van der Waals surface area contributed by atoms with E-state index in [9.17, 15) is 9.59 Å². The Morgan fingerprint density at radius 3 is 1.38 bits per heavy atom. The summed E-state index contributed by atoms with van der Waals surface area (Å²) in [5.41, 5.74) is -1.16. The van der Waals surface area contributed by atoms with E-state index in [4.69, 9.17) is 9.47 Å². The van der Waals surface area contributed by atoms with Crippen molar-refractivity contribution in [3.05, 3.63) is 0 Å². The molecular formula is C20H30O4. The summed E-state index contributed by atoms with van der Waals surface area (Å²) in [6.45, 7) is 0. The lowest BCUT2D eigenvalue weighted by atomic mass is 9.48. The molecule has 2 saturated carbocycles. The first-order valence-corrected chi connectivity index (χ1v) is 10.1. The van der Waals surface area contributed by atoms with Gasteiger partial charge in [-0.2, -0.15) is 0 Å². The first kappa shape index (κ1) is 16.4. The molecule has 0 aromatic heterocycles. The summed E-state index contributed by atoms with van der Waals surface area (Å²) in [7, 11) is 0. The zero-order chi connectivity index (χ0) is 16.6. The summed E-state index contributed by atoms with van der Waals surface area (Å²) in [6.07, 6.45) is 14.9. The Labute approximate surface area is 144 Å². The highest BCUT2D eigenvalue weighted by atomic mass is 16.6. The van der Waals surface area contributed by atoms with Crippen LogP contribution in [0.25, 0.3) is 0 Å². The van der Waals surface area contributed by atoms with Crippen LogP contribution in [0.4, 0.5) is 0 Å². The minimum absolute atomic E-state index is 0.0563. The largest absolute Gasteiger partial charge is 0.461 e. The normalized spacial score (nSPS) is 43.5. The molecule has 0 radical (unpaired) electrons. The minimum atomic E-state index is -0.582. The van der Waals surface area contributed by atoms with E-state index in [0.29, 0.717) is 0 Å². The molecule has 2 aliphatic heterocycles. The molecule has 0 bridgehead atoms. The van der Waals surface area contributed by atoms with Gasteiger partial charge in [-0.1, -0.05) is 51.4 Å². The van der Waals surface area contributed by atoms with Crippen molar-refractivity contribution in [2.45, 2.75) is 102 Å². The molecule has 0 spiro atoms. The molecule has 4 unspecified atom stereocenters. The number of carbonyl (C=O) groups is 2. The number of rotatable bonds is 1. The molecule has 4 aliphatic rings. The average Bonchev–Trinajstić information content (AvgIpc) is 2.70. The van der Waals surface area contributed by atoms with Crippen molar-refractivity contribution in [1.82, 2.24) is 0 Å². The van der Waals surface area contributed by atoms with Crippen molar-refractivity contribution in [2.75, 3.05) is 0 Å². The summed E-state index contributed by atoms with van der Waals surface area (Å²) in [5, 5.41) is 0. The molecular weight excluding hydrogens is 304 g/mol. The zero-order valence-corrected chi connectivity index (χ0v) is 14.7. The number of hydrogen-bond acceptors (Lipinski definition) is 4. The van der Waals surface area contributed by atoms with Crippen LogP contribution in [0.2, 0.25) is 0 Å². The second-order valence-corrected chi connectivity index (χ2v) is 8.34. The Bertz CT molecular complexity index is 470. The van der Waals surface area contributed by atoms with Crippen LogP contribution in [0.5, 0.6) is 0 Å². The molecule has 4 atom stereocenters. The zero-order valence-electron chi connectivity index (χ0n) is 14.7. The maximum absolute atomic E-state index is 12.8. The fraction of sp³-hybridized carbons (Fsp3) is 0.900. The molecule has 2 heterocycles. The Morgan fingerprint density at radius 2 is 0.958 bits per heavy atom. The van der Waals surface area contributed by atoms with Gasteiger partial charge in [0.05, 0.1) is 0 Å². The Kier molecular flexibility index (Phi) is 4.34. The molecule has 0 aromatic carbocycles. The summed E-state index contributed by atoms with van der Waals surface area (Å²) in [5.74, 6) is -0.203. The number of carbonyl (C=O) groups excluding carboxylic acids is 2. The van der Waals surface area contributed by atoms with Crippen LogP contribution in [-0.4, -0.2) is 24.1 Å². The molecule has 24 heavy (non-hydrogen) atoms. The third-order valence-corrected chi connectivity index (χ3v) is 7.20. The molecule has 4 heteroatoms. The van der Waals surface area contributed by atoms with Gasteiger partial charge in [-0.3, -0.25) is 9.59 Å². The summed E-state index contributed by atoms with van der Waals surface area (Å²) < 4.78 is 11.3.